The second-order valence-corrected chi connectivity index (χ2v) is 7.62. The summed E-state index contributed by atoms with van der Waals surface area (Å²) < 4.78 is 0. The highest BCUT2D eigenvalue weighted by Gasteiger charge is 2.28. The van der Waals surface area contributed by atoms with Gasteiger partial charge in [-0.25, -0.2) is 0 Å². The molecular weight excluding hydrogens is 248 g/mol. The molecule has 0 aromatic rings. The van der Waals surface area contributed by atoms with Gasteiger partial charge in [0.2, 0.25) is 5.91 Å². The monoisotopic (exact) mass is 282 g/mol. The summed E-state index contributed by atoms with van der Waals surface area (Å²) in [6, 6.07) is 0.344. The van der Waals surface area contributed by atoms with Crippen molar-refractivity contribution in [3.63, 3.8) is 0 Å². The highest BCUT2D eigenvalue weighted by atomic mass is 16.2. The Labute approximate surface area is 125 Å². The summed E-state index contributed by atoms with van der Waals surface area (Å²) in [7, 11) is 0. The van der Waals surface area contributed by atoms with Crippen LogP contribution in [0.1, 0.15) is 72.6 Å². The van der Waals surface area contributed by atoms with Gasteiger partial charge < -0.3 is 11.1 Å². The molecule has 0 radical (unpaired) electrons. The van der Waals surface area contributed by atoms with Gasteiger partial charge in [0.1, 0.15) is 0 Å². The van der Waals surface area contributed by atoms with Crippen LogP contribution in [0.2, 0.25) is 0 Å². The maximum atomic E-state index is 12.5. The van der Waals surface area contributed by atoms with Crippen LogP contribution in [-0.2, 0) is 4.79 Å². The molecule has 0 aromatic carbocycles. The lowest BCUT2D eigenvalue weighted by Gasteiger charge is -2.32. The molecule has 1 aliphatic carbocycles. The van der Waals surface area contributed by atoms with Gasteiger partial charge in [-0.2, -0.15) is 0 Å². The quantitative estimate of drug-likeness (QED) is 0.783. The minimum absolute atomic E-state index is 0.0485. The van der Waals surface area contributed by atoms with E-state index in [-0.39, 0.29) is 17.2 Å². The van der Waals surface area contributed by atoms with Gasteiger partial charge in [0.15, 0.2) is 0 Å². The molecule has 0 spiro atoms. The second kappa shape index (κ2) is 8.02. The molecule has 0 saturated heterocycles. The fourth-order valence-electron chi connectivity index (χ4n) is 3.41. The maximum Gasteiger partial charge on any atom is 0.224 e. The summed E-state index contributed by atoms with van der Waals surface area (Å²) in [5.41, 5.74) is 5.96. The van der Waals surface area contributed by atoms with Crippen molar-refractivity contribution >= 4 is 5.91 Å². The molecule has 118 valence electrons. The smallest absolute Gasteiger partial charge is 0.224 e. The first-order chi connectivity index (χ1) is 9.37. The van der Waals surface area contributed by atoms with Crippen molar-refractivity contribution < 1.29 is 4.79 Å². The fraction of sp³-hybridized carbons (Fsp3) is 0.941. The molecule has 2 atom stereocenters. The van der Waals surface area contributed by atoms with Crippen LogP contribution < -0.4 is 11.1 Å². The molecular formula is C17H34N2O. The summed E-state index contributed by atoms with van der Waals surface area (Å²) in [4.78, 5) is 12.5. The molecule has 1 aliphatic rings. The normalized spacial score (nSPS) is 20.4. The summed E-state index contributed by atoms with van der Waals surface area (Å²) in [5, 5.41) is 3.29. The van der Waals surface area contributed by atoms with Gasteiger partial charge in [-0.05, 0) is 37.0 Å². The van der Waals surface area contributed by atoms with E-state index in [1.807, 2.05) is 0 Å². The van der Waals surface area contributed by atoms with E-state index in [0.29, 0.717) is 18.5 Å². The van der Waals surface area contributed by atoms with Crippen LogP contribution in [0.15, 0.2) is 0 Å². The van der Waals surface area contributed by atoms with Gasteiger partial charge in [-0.3, -0.25) is 4.79 Å². The Balaban J connectivity index is 2.55. The highest BCUT2D eigenvalue weighted by Crippen LogP contribution is 2.29. The van der Waals surface area contributed by atoms with Crippen LogP contribution in [-0.4, -0.2) is 18.5 Å². The molecule has 1 saturated carbocycles. The number of rotatable bonds is 6. The van der Waals surface area contributed by atoms with Crippen molar-refractivity contribution in [1.29, 1.82) is 0 Å². The fourth-order valence-corrected chi connectivity index (χ4v) is 3.41. The molecule has 0 heterocycles. The van der Waals surface area contributed by atoms with Crippen LogP contribution in [0.3, 0.4) is 0 Å². The topological polar surface area (TPSA) is 55.1 Å². The molecule has 3 nitrogen and oxygen atoms in total. The number of carbonyl (C=O) groups excluding carboxylic acids is 1. The first-order valence-corrected chi connectivity index (χ1v) is 8.37. The van der Waals surface area contributed by atoms with Crippen LogP contribution in [0.5, 0.6) is 0 Å². The molecule has 1 rings (SSSR count). The lowest BCUT2D eigenvalue weighted by Crippen LogP contribution is -2.45. The van der Waals surface area contributed by atoms with Crippen LogP contribution >= 0.6 is 0 Å². The first-order valence-electron chi connectivity index (χ1n) is 8.37. The molecule has 20 heavy (non-hydrogen) atoms. The average molecular weight is 282 g/mol. The van der Waals surface area contributed by atoms with Gasteiger partial charge in [-0.15, -0.1) is 0 Å². The summed E-state index contributed by atoms with van der Waals surface area (Å²) in [6.45, 7) is 9.13. The Morgan fingerprint density at radius 2 is 1.85 bits per heavy atom. The minimum atomic E-state index is -0.0485. The Morgan fingerprint density at radius 3 is 2.30 bits per heavy atom. The zero-order chi connectivity index (χ0) is 15.2. The third kappa shape index (κ3) is 5.82. The standard InChI is InChI=1S/C17H34N2O/c1-5-15(13-9-7-6-8-10-13)19-16(20)14(12-18)11-17(2,3)4/h13-15H,5-12,18H2,1-4H3,(H,19,20). The number of hydrogen-bond donors (Lipinski definition) is 2. The molecule has 0 aromatic heterocycles. The van der Waals surface area contributed by atoms with Crippen molar-refractivity contribution in [2.24, 2.45) is 23.0 Å². The van der Waals surface area contributed by atoms with Crippen molar-refractivity contribution in [2.45, 2.75) is 78.7 Å². The SMILES string of the molecule is CCC(NC(=O)C(CN)CC(C)(C)C)C1CCCCC1. The van der Waals surface area contributed by atoms with Gasteiger partial charge in [0, 0.05) is 12.6 Å². The molecule has 1 amide bonds. The average Bonchev–Trinajstić information content (AvgIpc) is 2.41. The second-order valence-electron chi connectivity index (χ2n) is 7.62. The van der Waals surface area contributed by atoms with E-state index in [9.17, 15) is 4.79 Å². The lowest BCUT2D eigenvalue weighted by molar-refractivity contribution is -0.126. The van der Waals surface area contributed by atoms with Gasteiger partial charge >= 0.3 is 0 Å². The molecule has 1 fully saturated rings. The van der Waals surface area contributed by atoms with E-state index in [0.717, 1.165) is 12.8 Å². The minimum Gasteiger partial charge on any atom is -0.353 e. The van der Waals surface area contributed by atoms with Gasteiger partial charge in [0.25, 0.3) is 0 Å². The Morgan fingerprint density at radius 1 is 1.25 bits per heavy atom. The summed E-state index contributed by atoms with van der Waals surface area (Å²) in [5.74, 6) is 0.790. The molecule has 0 bridgehead atoms. The lowest BCUT2D eigenvalue weighted by atomic mass is 9.81. The van der Waals surface area contributed by atoms with Crippen LogP contribution in [0, 0.1) is 17.3 Å². The number of nitrogens with one attached hydrogen (secondary N) is 1. The van der Waals surface area contributed by atoms with E-state index >= 15 is 0 Å². The Kier molecular flexibility index (Phi) is 7.01. The molecule has 2 unspecified atom stereocenters. The van der Waals surface area contributed by atoms with Crippen molar-refractivity contribution in [3.8, 4) is 0 Å². The first kappa shape index (κ1) is 17.5. The number of carbonyl (C=O) groups is 1. The van der Waals surface area contributed by atoms with Crippen molar-refractivity contribution in [2.75, 3.05) is 6.54 Å². The summed E-state index contributed by atoms with van der Waals surface area (Å²) in [6.07, 6.45) is 8.42. The van der Waals surface area contributed by atoms with E-state index in [1.165, 1.54) is 32.1 Å². The Hall–Kier alpha value is -0.570. The molecule has 3 heteroatoms. The van der Waals surface area contributed by atoms with Crippen molar-refractivity contribution in [1.82, 2.24) is 5.32 Å². The third-order valence-electron chi connectivity index (χ3n) is 4.50. The molecule has 3 N–H and O–H groups in total. The zero-order valence-electron chi connectivity index (χ0n) is 13.9. The van der Waals surface area contributed by atoms with Crippen LogP contribution in [0.25, 0.3) is 0 Å². The number of hydrogen-bond acceptors (Lipinski definition) is 2. The van der Waals surface area contributed by atoms with Gasteiger partial charge in [0.05, 0.1) is 5.92 Å². The number of nitrogens with two attached hydrogens (primary N) is 1. The predicted octanol–water partition coefficient (Wildman–Crippen LogP) is 3.47. The van der Waals surface area contributed by atoms with Crippen molar-refractivity contribution in [3.05, 3.63) is 0 Å². The predicted molar refractivity (Wildman–Crippen MR) is 85.4 cm³/mol. The van der Waals surface area contributed by atoms with Gasteiger partial charge in [-0.1, -0.05) is 47.0 Å². The third-order valence-corrected chi connectivity index (χ3v) is 4.50. The van der Waals surface area contributed by atoms with E-state index in [2.05, 4.69) is 33.0 Å². The number of amides is 1. The van der Waals surface area contributed by atoms with Crippen LogP contribution in [0.4, 0.5) is 0 Å². The molecule has 0 aliphatic heterocycles. The highest BCUT2D eigenvalue weighted by molar-refractivity contribution is 5.79. The van der Waals surface area contributed by atoms with E-state index in [4.69, 9.17) is 5.73 Å². The largest absolute Gasteiger partial charge is 0.353 e. The maximum absolute atomic E-state index is 12.5. The zero-order valence-corrected chi connectivity index (χ0v) is 13.9. The Bertz CT molecular complexity index is 290. The van der Waals surface area contributed by atoms with E-state index < -0.39 is 0 Å². The van der Waals surface area contributed by atoms with E-state index in [1.54, 1.807) is 0 Å². The summed E-state index contributed by atoms with van der Waals surface area (Å²) >= 11 is 0.